The summed E-state index contributed by atoms with van der Waals surface area (Å²) in [4.78, 5) is 14.6. The maximum absolute atomic E-state index is 12.8. The van der Waals surface area contributed by atoms with Crippen molar-refractivity contribution in [1.82, 2.24) is 0 Å². The minimum Gasteiger partial charge on any atom is -0.398 e. The second kappa shape index (κ2) is 5.70. The van der Waals surface area contributed by atoms with Crippen LogP contribution in [0.5, 0.6) is 0 Å². The van der Waals surface area contributed by atoms with Crippen molar-refractivity contribution in [2.24, 2.45) is 0 Å². The van der Waals surface area contributed by atoms with Gasteiger partial charge in [0.15, 0.2) is 0 Å². The summed E-state index contributed by atoms with van der Waals surface area (Å²) < 4.78 is 0.722. The van der Waals surface area contributed by atoms with Crippen molar-refractivity contribution < 1.29 is 4.79 Å². The second-order valence-electron chi connectivity index (χ2n) is 5.01. The van der Waals surface area contributed by atoms with Crippen molar-refractivity contribution in [2.75, 3.05) is 17.2 Å². The van der Waals surface area contributed by atoms with E-state index in [1.54, 1.807) is 11.0 Å². The Hall–Kier alpha value is -1.52. The van der Waals surface area contributed by atoms with E-state index in [0.29, 0.717) is 17.1 Å². The van der Waals surface area contributed by atoms with Gasteiger partial charge in [-0.3, -0.25) is 4.79 Å². The van der Waals surface area contributed by atoms with Crippen LogP contribution in [0.15, 0.2) is 40.9 Å². The first kappa shape index (κ1) is 14.4. The van der Waals surface area contributed by atoms with E-state index >= 15 is 0 Å². The van der Waals surface area contributed by atoms with Crippen LogP contribution in [-0.4, -0.2) is 12.5 Å². The van der Waals surface area contributed by atoms with Crippen molar-refractivity contribution >= 4 is 44.8 Å². The molecule has 1 aliphatic rings. The van der Waals surface area contributed by atoms with E-state index in [2.05, 4.69) is 15.9 Å². The number of hydrogen-bond acceptors (Lipinski definition) is 2. The summed E-state index contributed by atoms with van der Waals surface area (Å²) in [7, 11) is 0. The van der Waals surface area contributed by atoms with Gasteiger partial charge < -0.3 is 10.6 Å². The Labute approximate surface area is 136 Å². The van der Waals surface area contributed by atoms with Gasteiger partial charge in [0.1, 0.15) is 0 Å². The second-order valence-corrected chi connectivity index (χ2v) is 6.24. The highest BCUT2D eigenvalue weighted by Crippen LogP contribution is 2.34. The van der Waals surface area contributed by atoms with Crippen LogP contribution in [0.25, 0.3) is 0 Å². The third-order valence-electron chi connectivity index (χ3n) is 3.71. The maximum Gasteiger partial charge on any atom is 0.259 e. The van der Waals surface area contributed by atoms with Crippen molar-refractivity contribution in [3.8, 4) is 0 Å². The normalized spacial score (nSPS) is 13.9. The van der Waals surface area contributed by atoms with Crippen LogP contribution >= 0.6 is 27.5 Å². The smallest absolute Gasteiger partial charge is 0.259 e. The quantitative estimate of drug-likeness (QED) is 0.767. The van der Waals surface area contributed by atoms with Crippen molar-refractivity contribution in [1.29, 1.82) is 0 Å². The number of halogens is 2. The van der Waals surface area contributed by atoms with Gasteiger partial charge in [0, 0.05) is 22.4 Å². The molecule has 21 heavy (non-hydrogen) atoms. The zero-order chi connectivity index (χ0) is 15.0. The summed E-state index contributed by atoms with van der Waals surface area (Å²) >= 11 is 9.61. The van der Waals surface area contributed by atoms with E-state index in [1.807, 2.05) is 30.3 Å². The summed E-state index contributed by atoms with van der Waals surface area (Å²) in [6, 6.07) is 11.1. The largest absolute Gasteiger partial charge is 0.398 e. The number of nitrogens with two attached hydrogens (primary N) is 1. The van der Waals surface area contributed by atoms with E-state index in [-0.39, 0.29) is 5.91 Å². The minimum absolute atomic E-state index is 0.0900. The Balaban J connectivity index is 2.05. The first-order valence-corrected chi connectivity index (χ1v) is 7.90. The Morgan fingerprint density at radius 1 is 1.24 bits per heavy atom. The lowest BCUT2D eigenvalue weighted by atomic mass is 9.99. The van der Waals surface area contributed by atoms with E-state index in [4.69, 9.17) is 17.3 Å². The van der Waals surface area contributed by atoms with Crippen LogP contribution in [0.4, 0.5) is 11.4 Å². The average molecular weight is 366 g/mol. The molecule has 2 aromatic rings. The zero-order valence-corrected chi connectivity index (χ0v) is 13.6. The minimum atomic E-state index is -0.0900. The van der Waals surface area contributed by atoms with Gasteiger partial charge in [-0.15, -0.1) is 0 Å². The molecular formula is C16H14BrClN2O. The molecule has 2 N–H and O–H groups in total. The summed E-state index contributed by atoms with van der Waals surface area (Å²) in [6.07, 6.45) is 1.80. The number of benzene rings is 2. The molecule has 0 atom stereocenters. The molecule has 0 saturated carbocycles. The van der Waals surface area contributed by atoms with Gasteiger partial charge in [0.05, 0.1) is 10.6 Å². The number of nitrogen functional groups attached to an aromatic ring is 1. The molecule has 1 heterocycles. The molecule has 3 rings (SSSR count). The standard InChI is InChI=1S/C16H14BrClN2O/c17-12-6-1-4-11(15(12)18)16(21)20-9-3-5-10-13(19)7-2-8-14(10)20/h1-2,4,6-8H,3,5,9,19H2. The van der Waals surface area contributed by atoms with Crippen LogP contribution in [-0.2, 0) is 6.42 Å². The van der Waals surface area contributed by atoms with E-state index in [0.717, 1.165) is 34.3 Å². The predicted octanol–water partition coefficient (Wildman–Crippen LogP) is 4.28. The molecule has 0 aliphatic carbocycles. The highest BCUT2D eigenvalue weighted by molar-refractivity contribution is 9.10. The molecular weight excluding hydrogens is 352 g/mol. The Kier molecular flexibility index (Phi) is 3.91. The van der Waals surface area contributed by atoms with Gasteiger partial charge in [-0.1, -0.05) is 23.7 Å². The average Bonchev–Trinajstić information content (AvgIpc) is 2.49. The SMILES string of the molecule is Nc1cccc2c1CCCN2C(=O)c1cccc(Br)c1Cl. The lowest BCUT2D eigenvalue weighted by molar-refractivity contribution is 0.0985. The molecule has 0 bridgehead atoms. The molecule has 1 aliphatic heterocycles. The molecule has 108 valence electrons. The number of amides is 1. The number of hydrogen-bond donors (Lipinski definition) is 1. The Bertz CT molecular complexity index is 717. The molecule has 0 spiro atoms. The third kappa shape index (κ3) is 2.54. The van der Waals surface area contributed by atoms with E-state index < -0.39 is 0 Å². The topological polar surface area (TPSA) is 46.3 Å². The van der Waals surface area contributed by atoms with Crippen molar-refractivity contribution in [3.05, 3.63) is 57.0 Å². The lowest BCUT2D eigenvalue weighted by Gasteiger charge is -2.30. The number of rotatable bonds is 1. The summed E-state index contributed by atoms with van der Waals surface area (Å²) in [5.74, 6) is -0.0900. The number of carbonyl (C=O) groups excluding carboxylic acids is 1. The Morgan fingerprint density at radius 2 is 2.00 bits per heavy atom. The molecule has 0 fully saturated rings. The molecule has 2 aromatic carbocycles. The zero-order valence-electron chi connectivity index (χ0n) is 11.3. The lowest BCUT2D eigenvalue weighted by Crippen LogP contribution is -2.35. The highest BCUT2D eigenvalue weighted by Gasteiger charge is 2.26. The number of nitrogens with zero attached hydrogens (tertiary/aromatic N) is 1. The van der Waals surface area contributed by atoms with Crippen LogP contribution in [0, 0.1) is 0 Å². The van der Waals surface area contributed by atoms with Gasteiger partial charge in [-0.2, -0.15) is 0 Å². The summed E-state index contributed by atoms with van der Waals surface area (Å²) in [5.41, 5.74) is 9.20. The van der Waals surface area contributed by atoms with E-state index in [9.17, 15) is 4.79 Å². The monoisotopic (exact) mass is 364 g/mol. The van der Waals surface area contributed by atoms with Gasteiger partial charge in [0.2, 0.25) is 0 Å². The molecule has 0 saturated heterocycles. The molecule has 0 aromatic heterocycles. The summed E-state index contributed by atoms with van der Waals surface area (Å²) in [6.45, 7) is 0.679. The maximum atomic E-state index is 12.8. The number of carbonyl (C=O) groups is 1. The van der Waals surface area contributed by atoms with Crippen LogP contribution in [0.2, 0.25) is 5.02 Å². The molecule has 1 amide bonds. The first-order valence-electron chi connectivity index (χ1n) is 6.73. The van der Waals surface area contributed by atoms with E-state index in [1.165, 1.54) is 0 Å². The molecule has 3 nitrogen and oxygen atoms in total. The van der Waals surface area contributed by atoms with Gasteiger partial charge in [0.25, 0.3) is 5.91 Å². The van der Waals surface area contributed by atoms with Gasteiger partial charge in [-0.25, -0.2) is 0 Å². The third-order valence-corrected chi connectivity index (χ3v) is 5.01. The van der Waals surface area contributed by atoms with Crippen molar-refractivity contribution in [2.45, 2.75) is 12.8 Å². The molecule has 5 heteroatoms. The van der Waals surface area contributed by atoms with Gasteiger partial charge in [-0.05, 0) is 58.6 Å². The number of anilines is 2. The first-order chi connectivity index (χ1) is 10.1. The fraction of sp³-hybridized carbons (Fsp3) is 0.188. The van der Waals surface area contributed by atoms with Crippen LogP contribution in [0.1, 0.15) is 22.3 Å². The Morgan fingerprint density at radius 3 is 2.81 bits per heavy atom. The highest BCUT2D eigenvalue weighted by atomic mass is 79.9. The van der Waals surface area contributed by atoms with Crippen LogP contribution < -0.4 is 10.6 Å². The molecule has 0 unspecified atom stereocenters. The molecule has 0 radical (unpaired) electrons. The fourth-order valence-electron chi connectivity index (χ4n) is 2.68. The fourth-order valence-corrected chi connectivity index (χ4v) is 3.25. The number of fused-ring (bicyclic) bond motifs is 1. The summed E-state index contributed by atoms with van der Waals surface area (Å²) in [5, 5.41) is 0.443. The van der Waals surface area contributed by atoms with Gasteiger partial charge >= 0.3 is 0 Å². The van der Waals surface area contributed by atoms with Crippen LogP contribution in [0.3, 0.4) is 0 Å². The van der Waals surface area contributed by atoms with Crippen molar-refractivity contribution in [3.63, 3.8) is 0 Å². The predicted molar refractivity (Wildman–Crippen MR) is 90.0 cm³/mol.